The van der Waals surface area contributed by atoms with E-state index in [0.29, 0.717) is 23.6 Å². The van der Waals surface area contributed by atoms with Crippen molar-refractivity contribution >= 4 is 22.4 Å². The normalized spacial score (nSPS) is 12.0. The van der Waals surface area contributed by atoms with Gasteiger partial charge in [0.15, 0.2) is 0 Å². The molecule has 4 rings (SSSR count). The molecule has 3 heterocycles. The van der Waals surface area contributed by atoms with Crippen molar-refractivity contribution < 1.29 is 9.94 Å². The van der Waals surface area contributed by atoms with Crippen LogP contribution < -0.4 is 0 Å². The Bertz CT molecular complexity index is 1120. The van der Waals surface area contributed by atoms with Gasteiger partial charge in [0.25, 0.3) is 5.78 Å². The minimum absolute atomic E-state index is 0.0888. The molecule has 0 spiro atoms. The van der Waals surface area contributed by atoms with E-state index in [9.17, 15) is 0 Å². The average molecular weight is 362 g/mol. The fourth-order valence-electron chi connectivity index (χ4n) is 2.78. The highest BCUT2D eigenvalue weighted by molar-refractivity contribution is 5.96. The Labute approximate surface area is 155 Å². The molecule has 0 aliphatic heterocycles. The lowest BCUT2D eigenvalue weighted by Crippen LogP contribution is -2.08. The second kappa shape index (κ2) is 7.46. The van der Waals surface area contributed by atoms with E-state index in [2.05, 4.69) is 37.3 Å². The van der Waals surface area contributed by atoms with E-state index < -0.39 is 0 Å². The van der Waals surface area contributed by atoms with Gasteiger partial charge in [-0.2, -0.15) is 5.10 Å². The minimum atomic E-state index is -0.0888. The molecule has 0 amide bonds. The van der Waals surface area contributed by atoms with E-state index in [-0.39, 0.29) is 13.2 Å². The summed E-state index contributed by atoms with van der Waals surface area (Å²) in [6.07, 6.45) is 5.84. The maximum Gasteiger partial charge on any atom is 0.250 e. The van der Waals surface area contributed by atoms with Crippen LogP contribution in [-0.2, 0) is 11.3 Å². The Kier molecular flexibility index (Phi) is 4.71. The summed E-state index contributed by atoms with van der Waals surface area (Å²) in [7, 11) is 0. The van der Waals surface area contributed by atoms with E-state index in [1.165, 1.54) is 0 Å². The largest absolute Gasteiger partial charge is 0.393 e. The van der Waals surface area contributed by atoms with Crippen molar-refractivity contribution in [2.75, 3.05) is 13.2 Å². The number of nitrogens with zero attached hydrogens (tertiary/aromatic N) is 6. The number of pyridine rings is 1. The van der Waals surface area contributed by atoms with Crippen molar-refractivity contribution in [1.29, 1.82) is 0 Å². The van der Waals surface area contributed by atoms with Gasteiger partial charge in [0.05, 0.1) is 30.2 Å². The summed E-state index contributed by atoms with van der Waals surface area (Å²) in [4.78, 5) is 18.0. The summed E-state index contributed by atoms with van der Waals surface area (Å²) in [6.45, 7) is 1.83. The van der Waals surface area contributed by atoms with Crippen LogP contribution in [0.2, 0.25) is 0 Å². The highest BCUT2D eigenvalue weighted by atomic mass is 16.6. The molecule has 0 saturated carbocycles. The third kappa shape index (κ3) is 3.61. The standard InChI is InChI=1S/C19H18N6O2/c1-13(24-27-8-7-26)18-12-22-19-21-11-16(25(19)23-18)10-14-4-5-17-15(9-14)3-2-6-20-17/h2-6,9,11-12,26H,7-8,10H2,1H3/b24-13-. The smallest absolute Gasteiger partial charge is 0.250 e. The van der Waals surface area contributed by atoms with E-state index in [1.54, 1.807) is 30.0 Å². The molecule has 0 radical (unpaired) electrons. The van der Waals surface area contributed by atoms with Gasteiger partial charge in [-0.3, -0.25) is 4.98 Å². The number of aliphatic hydroxyl groups is 1. The summed E-state index contributed by atoms with van der Waals surface area (Å²) >= 11 is 0. The van der Waals surface area contributed by atoms with Crippen molar-refractivity contribution in [3.05, 3.63) is 65.9 Å². The number of benzene rings is 1. The lowest BCUT2D eigenvalue weighted by atomic mass is 10.1. The first-order valence-corrected chi connectivity index (χ1v) is 8.56. The summed E-state index contributed by atoms with van der Waals surface area (Å²) < 4.78 is 1.72. The van der Waals surface area contributed by atoms with Crippen LogP contribution in [0.3, 0.4) is 0 Å². The highest BCUT2D eigenvalue weighted by Crippen LogP contribution is 2.16. The lowest BCUT2D eigenvalue weighted by Gasteiger charge is -2.05. The fraction of sp³-hybridized carbons (Fsp3) is 0.211. The predicted molar refractivity (Wildman–Crippen MR) is 101 cm³/mol. The summed E-state index contributed by atoms with van der Waals surface area (Å²) in [6, 6.07) is 10.2. The SMILES string of the molecule is C/C(=N/OCCO)c1cnc2ncc(Cc3ccc4ncccc4c3)n2n1. The van der Waals surface area contributed by atoms with Crippen LogP contribution >= 0.6 is 0 Å². The molecule has 0 aliphatic rings. The maximum absolute atomic E-state index is 8.77. The zero-order chi connectivity index (χ0) is 18.6. The van der Waals surface area contributed by atoms with Crippen molar-refractivity contribution in [2.45, 2.75) is 13.3 Å². The summed E-state index contributed by atoms with van der Waals surface area (Å²) in [5, 5.41) is 18.4. The molecule has 27 heavy (non-hydrogen) atoms. The quantitative estimate of drug-likeness (QED) is 0.320. The number of hydrogen-bond acceptors (Lipinski definition) is 7. The van der Waals surface area contributed by atoms with Gasteiger partial charge in [-0.25, -0.2) is 14.5 Å². The lowest BCUT2D eigenvalue weighted by molar-refractivity contribution is 0.0986. The third-order valence-corrected chi connectivity index (χ3v) is 4.11. The summed E-state index contributed by atoms with van der Waals surface area (Å²) in [5.41, 5.74) is 4.20. The fourth-order valence-corrected chi connectivity index (χ4v) is 2.78. The second-order valence-corrected chi connectivity index (χ2v) is 6.05. The molecule has 3 aromatic heterocycles. The first kappa shape index (κ1) is 17.0. The van der Waals surface area contributed by atoms with E-state index >= 15 is 0 Å². The van der Waals surface area contributed by atoms with Gasteiger partial charge >= 0.3 is 0 Å². The Morgan fingerprint density at radius 3 is 2.96 bits per heavy atom. The number of aliphatic hydroxyl groups excluding tert-OH is 1. The zero-order valence-corrected chi connectivity index (χ0v) is 14.8. The molecule has 0 atom stereocenters. The van der Waals surface area contributed by atoms with Gasteiger partial charge in [0.2, 0.25) is 0 Å². The number of aromatic nitrogens is 5. The van der Waals surface area contributed by atoms with Gasteiger partial charge in [0, 0.05) is 18.0 Å². The Morgan fingerprint density at radius 2 is 2.07 bits per heavy atom. The molecule has 0 saturated heterocycles. The number of oxime groups is 1. The van der Waals surface area contributed by atoms with Crippen molar-refractivity contribution in [3.63, 3.8) is 0 Å². The average Bonchev–Trinajstić information content (AvgIpc) is 3.10. The van der Waals surface area contributed by atoms with Gasteiger partial charge < -0.3 is 9.94 Å². The van der Waals surface area contributed by atoms with Crippen LogP contribution in [0, 0.1) is 0 Å². The number of hydrogen-bond donors (Lipinski definition) is 1. The van der Waals surface area contributed by atoms with Crippen molar-refractivity contribution in [2.24, 2.45) is 5.16 Å². The van der Waals surface area contributed by atoms with E-state index in [0.717, 1.165) is 22.2 Å². The molecule has 4 aromatic rings. The number of rotatable bonds is 6. The number of fused-ring (bicyclic) bond motifs is 2. The molecule has 0 fully saturated rings. The molecule has 1 N–H and O–H groups in total. The van der Waals surface area contributed by atoms with Crippen LogP contribution in [0.5, 0.6) is 0 Å². The molecular weight excluding hydrogens is 344 g/mol. The van der Waals surface area contributed by atoms with E-state index in [1.807, 2.05) is 18.2 Å². The second-order valence-electron chi connectivity index (χ2n) is 6.05. The van der Waals surface area contributed by atoms with Crippen LogP contribution in [0.15, 0.2) is 54.1 Å². The first-order valence-electron chi connectivity index (χ1n) is 8.56. The number of imidazole rings is 1. The van der Waals surface area contributed by atoms with Crippen LogP contribution in [0.25, 0.3) is 16.7 Å². The molecule has 0 aliphatic carbocycles. The highest BCUT2D eigenvalue weighted by Gasteiger charge is 2.10. The van der Waals surface area contributed by atoms with Crippen molar-refractivity contribution in [3.8, 4) is 0 Å². The summed E-state index contributed by atoms with van der Waals surface area (Å²) in [5.74, 6) is 0.528. The van der Waals surface area contributed by atoms with Gasteiger partial charge in [-0.05, 0) is 30.7 Å². The van der Waals surface area contributed by atoms with Crippen LogP contribution in [-0.4, -0.2) is 48.6 Å². The van der Waals surface area contributed by atoms with Gasteiger partial charge in [-0.15, -0.1) is 0 Å². The van der Waals surface area contributed by atoms with Crippen LogP contribution in [0.4, 0.5) is 0 Å². The Balaban J connectivity index is 1.65. The Morgan fingerprint density at radius 1 is 1.19 bits per heavy atom. The molecular formula is C19H18N6O2. The topological polar surface area (TPSA) is 97.8 Å². The molecule has 1 aromatic carbocycles. The first-order chi connectivity index (χ1) is 13.2. The van der Waals surface area contributed by atoms with Crippen LogP contribution in [0.1, 0.15) is 23.9 Å². The van der Waals surface area contributed by atoms with E-state index in [4.69, 9.17) is 9.94 Å². The van der Waals surface area contributed by atoms with Gasteiger partial charge in [0.1, 0.15) is 18.0 Å². The Hall–Kier alpha value is -3.39. The predicted octanol–water partition coefficient (Wildman–Crippen LogP) is 2.00. The molecule has 136 valence electrons. The minimum Gasteiger partial charge on any atom is -0.393 e. The molecule has 0 unspecified atom stereocenters. The van der Waals surface area contributed by atoms with Crippen molar-refractivity contribution in [1.82, 2.24) is 24.6 Å². The third-order valence-electron chi connectivity index (χ3n) is 4.11. The maximum atomic E-state index is 8.77. The molecule has 8 nitrogen and oxygen atoms in total. The zero-order valence-electron chi connectivity index (χ0n) is 14.8. The monoisotopic (exact) mass is 362 g/mol. The van der Waals surface area contributed by atoms with Gasteiger partial charge in [-0.1, -0.05) is 17.3 Å². The molecule has 0 bridgehead atoms. The molecule has 8 heteroatoms.